The maximum absolute atomic E-state index is 12.6. The lowest BCUT2D eigenvalue weighted by Crippen LogP contribution is -2.34. The Morgan fingerprint density at radius 1 is 0.969 bits per heavy atom. The van der Waals surface area contributed by atoms with Gasteiger partial charge < -0.3 is 5.32 Å². The lowest BCUT2D eigenvalue weighted by Gasteiger charge is -2.30. The second-order valence-corrected chi connectivity index (χ2v) is 9.17. The van der Waals surface area contributed by atoms with E-state index in [-0.39, 0.29) is 11.6 Å². The second kappa shape index (κ2) is 8.84. The summed E-state index contributed by atoms with van der Waals surface area (Å²) in [4.78, 5) is 21.7. The molecule has 0 amide bonds. The zero-order valence-electron chi connectivity index (χ0n) is 18.9. The second-order valence-electron chi connectivity index (χ2n) is 9.17. The fourth-order valence-electron chi connectivity index (χ4n) is 5.13. The van der Waals surface area contributed by atoms with Crippen molar-refractivity contribution in [3.05, 3.63) is 57.5 Å². The molecule has 0 atom stereocenters. The standard InChI is InChI=1S/C24H31N7O/c1-16-14-17(2)30(28-16)22-12-13-23(32)31(29-22)19-10-8-18(9-11-19)27-24-20-6-4-3-5-7-21(20)25-15-26-24/h12-15,18-19H,3-11H2,1-2H3,(H,25,26,27). The molecule has 0 saturated heterocycles. The summed E-state index contributed by atoms with van der Waals surface area (Å²) < 4.78 is 3.47. The van der Waals surface area contributed by atoms with Gasteiger partial charge in [0.05, 0.1) is 11.7 Å². The molecule has 32 heavy (non-hydrogen) atoms. The highest BCUT2D eigenvalue weighted by Gasteiger charge is 2.25. The topological polar surface area (TPSA) is 90.5 Å². The Balaban J connectivity index is 1.29. The Labute approximate surface area is 188 Å². The Hall–Kier alpha value is -3.03. The van der Waals surface area contributed by atoms with Crippen molar-refractivity contribution < 1.29 is 0 Å². The summed E-state index contributed by atoms with van der Waals surface area (Å²) in [5, 5.41) is 12.9. The molecule has 3 aromatic heterocycles. The van der Waals surface area contributed by atoms with Gasteiger partial charge in [-0.1, -0.05) is 6.42 Å². The van der Waals surface area contributed by atoms with Gasteiger partial charge in [-0.15, -0.1) is 5.10 Å². The zero-order chi connectivity index (χ0) is 22.1. The van der Waals surface area contributed by atoms with Crippen LogP contribution in [0.15, 0.2) is 29.3 Å². The van der Waals surface area contributed by atoms with Crippen LogP contribution in [0.1, 0.15) is 73.6 Å². The van der Waals surface area contributed by atoms with E-state index in [1.54, 1.807) is 27.8 Å². The normalized spacial score (nSPS) is 21.1. The summed E-state index contributed by atoms with van der Waals surface area (Å²) in [5.41, 5.74) is 4.43. The molecular weight excluding hydrogens is 402 g/mol. The molecule has 2 aliphatic carbocycles. The first-order chi connectivity index (χ1) is 15.6. The van der Waals surface area contributed by atoms with E-state index in [2.05, 4.69) is 25.5 Å². The van der Waals surface area contributed by atoms with Crippen molar-refractivity contribution >= 4 is 5.82 Å². The van der Waals surface area contributed by atoms with Crippen LogP contribution in [0.25, 0.3) is 5.82 Å². The molecule has 8 nitrogen and oxygen atoms in total. The van der Waals surface area contributed by atoms with Crippen LogP contribution < -0.4 is 10.9 Å². The van der Waals surface area contributed by atoms with Gasteiger partial charge in [-0.05, 0) is 77.3 Å². The zero-order valence-corrected chi connectivity index (χ0v) is 18.9. The van der Waals surface area contributed by atoms with E-state index in [0.29, 0.717) is 11.9 Å². The number of aryl methyl sites for hydroxylation is 3. The van der Waals surface area contributed by atoms with E-state index in [1.807, 2.05) is 19.9 Å². The SMILES string of the molecule is Cc1cc(C)n(-c2ccc(=O)n(C3CCC(Nc4ncnc5c4CCCCC5)CC3)n2)n1. The van der Waals surface area contributed by atoms with Crippen LogP contribution in [0.2, 0.25) is 0 Å². The predicted octanol–water partition coefficient (Wildman–Crippen LogP) is 3.70. The number of hydrogen-bond donors (Lipinski definition) is 1. The van der Waals surface area contributed by atoms with Gasteiger partial charge in [0.1, 0.15) is 12.1 Å². The molecule has 0 unspecified atom stereocenters. The van der Waals surface area contributed by atoms with Gasteiger partial charge in [-0.2, -0.15) is 5.10 Å². The molecule has 0 spiro atoms. The van der Waals surface area contributed by atoms with Gasteiger partial charge in [-0.3, -0.25) is 4.79 Å². The van der Waals surface area contributed by atoms with Crippen LogP contribution in [0.4, 0.5) is 5.82 Å². The van der Waals surface area contributed by atoms with Gasteiger partial charge >= 0.3 is 0 Å². The summed E-state index contributed by atoms with van der Waals surface area (Å²) in [6.45, 7) is 3.96. The van der Waals surface area contributed by atoms with Gasteiger partial charge in [0.25, 0.3) is 5.56 Å². The number of hydrogen-bond acceptors (Lipinski definition) is 6. The maximum atomic E-state index is 12.6. The molecule has 0 bridgehead atoms. The first kappa shape index (κ1) is 20.8. The minimum atomic E-state index is -0.0483. The van der Waals surface area contributed by atoms with E-state index in [9.17, 15) is 4.79 Å². The fraction of sp³-hybridized carbons (Fsp3) is 0.542. The van der Waals surface area contributed by atoms with E-state index in [4.69, 9.17) is 0 Å². The lowest BCUT2D eigenvalue weighted by molar-refractivity contribution is 0.302. The van der Waals surface area contributed by atoms with Crippen molar-refractivity contribution in [2.75, 3.05) is 5.32 Å². The average molecular weight is 434 g/mol. The minimum Gasteiger partial charge on any atom is -0.367 e. The third kappa shape index (κ3) is 4.18. The lowest BCUT2D eigenvalue weighted by atomic mass is 9.91. The predicted molar refractivity (Wildman–Crippen MR) is 123 cm³/mol. The van der Waals surface area contributed by atoms with Crippen LogP contribution >= 0.6 is 0 Å². The summed E-state index contributed by atoms with van der Waals surface area (Å²) in [5.74, 6) is 1.71. The van der Waals surface area contributed by atoms with Gasteiger partial charge in [0.15, 0.2) is 5.82 Å². The molecule has 0 aliphatic heterocycles. The van der Waals surface area contributed by atoms with Crippen LogP contribution in [0.3, 0.4) is 0 Å². The molecule has 0 radical (unpaired) electrons. The molecule has 3 heterocycles. The molecule has 0 aromatic carbocycles. The van der Waals surface area contributed by atoms with Gasteiger partial charge in [0.2, 0.25) is 0 Å². The van der Waals surface area contributed by atoms with E-state index in [1.165, 1.54) is 30.5 Å². The monoisotopic (exact) mass is 433 g/mol. The van der Waals surface area contributed by atoms with Gasteiger partial charge in [0, 0.05) is 29.1 Å². The fourth-order valence-corrected chi connectivity index (χ4v) is 5.13. The molecule has 2 aliphatic rings. The highest BCUT2D eigenvalue weighted by molar-refractivity contribution is 5.47. The van der Waals surface area contributed by atoms with Crippen LogP contribution in [0, 0.1) is 13.8 Å². The summed E-state index contributed by atoms with van der Waals surface area (Å²) in [6, 6.07) is 5.86. The Morgan fingerprint density at radius 3 is 2.56 bits per heavy atom. The van der Waals surface area contributed by atoms with Gasteiger partial charge in [-0.25, -0.2) is 19.3 Å². The van der Waals surface area contributed by atoms with Crippen molar-refractivity contribution in [3.63, 3.8) is 0 Å². The molecule has 1 saturated carbocycles. The smallest absolute Gasteiger partial charge is 0.267 e. The van der Waals surface area contributed by atoms with Crippen LogP contribution in [-0.4, -0.2) is 35.6 Å². The molecule has 1 fully saturated rings. The Morgan fingerprint density at radius 2 is 1.78 bits per heavy atom. The number of aromatic nitrogens is 6. The third-order valence-electron chi connectivity index (χ3n) is 6.80. The number of nitrogens with one attached hydrogen (secondary N) is 1. The van der Waals surface area contributed by atoms with Crippen molar-refractivity contribution in [2.24, 2.45) is 0 Å². The number of nitrogens with zero attached hydrogens (tertiary/aromatic N) is 6. The Kier molecular flexibility index (Phi) is 5.76. The molecule has 168 valence electrons. The van der Waals surface area contributed by atoms with E-state index < -0.39 is 0 Å². The molecule has 8 heteroatoms. The number of rotatable bonds is 4. The quantitative estimate of drug-likeness (QED) is 0.631. The highest BCUT2D eigenvalue weighted by Crippen LogP contribution is 2.31. The number of anilines is 1. The average Bonchev–Trinajstić information content (AvgIpc) is 2.98. The largest absolute Gasteiger partial charge is 0.367 e. The van der Waals surface area contributed by atoms with E-state index in [0.717, 1.165) is 55.7 Å². The van der Waals surface area contributed by atoms with Crippen molar-refractivity contribution in [1.82, 2.24) is 29.5 Å². The molecular formula is C24H31N7O. The summed E-state index contributed by atoms with van der Waals surface area (Å²) >= 11 is 0. The van der Waals surface area contributed by atoms with Crippen LogP contribution in [0.5, 0.6) is 0 Å². The first-order valence-electron chi connectivity index (χ1n) is 11.8. The summed E-state index contributed by atoms with van der Waals surface area (Å²) in [6.07, 6.45) is 11.3. The molecule has 5 rings (SSSR count). The molecule has 1 N–H and O–H groups in total. The maximum Gasteiger partial charge on any atom is 0.267 e. The van der Waals surface area contributed by atoms with Crippen molar-refractivity contribution in [3.8, 4) is 5.82 Å². The Bertz CT molecular complexity index is 1160. The third-order valence-corrected chi connectivity index (χ3v) is 6.80. The van der Waals surface area contributed by atoms with E-state index >= 15 is 0 Å². The first-order valence-corrected chi connectivity index (χ1v) is 11.8. The molecule has 3 aromatic rings. The minimum absolute atomic E-state index is 0.0483. The number of fused-ring (bicyclic) bond motifs is 1. The van der Waals surface area contributed by atoms with Crippen molar-refractivity contribution in [1.29, 1.82) is 0 Å². The summed E-state index contributed by atoms with van der Waals surface area (Å²) in [7, 11) is 0. The van der Waals surface area contributed by atoms with Crippen molar-refractivity contribution in [2.45, 2.75) is 83.7 Å². The van der Waals surface area contributed by atoms with Crippen LogP contribution in [-0.2, 0) is 12.8 Å². The highest BCUT2D eigenvalue weighted by atomic mass is 16.1.